The minimum atomic E-state index is -5.44. The van der Waals surface area contributed by atoms with E-state index in [2.05, 4.69) is 15.2 Å². The molecule has 19 nitrogen and oxygen atoms in total. The van der Waals surface area contributed by atoms with E-state index in [4.69, 9.17) is 0 Å². The number of nitrogens with zero attached hydrogens (tertiary/aromatic N) is 3. The van der Waals surface area contributed by atoms with Gasteiger partial charge in [-0.05, 0) is 65.1 Å². The third-order valence-corrected chi connectivity index (χ3v) is 12.7. The first-order valence-electron chi connectivity index (χ1n) is 14.6. The maximum atomic E-state index is 13.9. The van der Waals surface area contributed by atoms with Gasteiger partial charge >= 0.3 is 118 Å². The third kappa shape index (κ3) is 13.3. The molecule has 0 aliphatic rings. The summed E-state index contributed by atoms with van der Waals surface area (Å²) in [5.74, 6) is -4.21. The van der Waals surface area contributed by atoms with Crippen molar-refractivity contribution < 1.29 is 189 Å². The second kappa shape index (κ2) is 21.0. The van der Waals surface area contributed by atoms with E-state index in [1.165, 1.54) is 24.3 Å². The van der Waals surface area contributed by atoms with E-state index in [-0.39, 0.29) is 135 Å². The molecule has 0 spiro atoms. The molecule has 0 fully saturated rings. The first kappa shape index (κ1) is 55.1. The molecule has 0 aromatic heterocycles. The molecule has 58 heavy (non-hydrogen) atoms. The number of rotatable bonds is 12. The molecule has 28 heteroatoms. The predicted molar refractivity (Wildman–Crippen MR) is 183 cm³/mol. The van der Waals surface area contributed by atoms with E-state index < -0.39 is 127 Å². The Morgan fingerprint density at radius 1 is 0.638 bits per heavy atom. The number of azo groups is 1. The molecule has 5 aromatic rings. The average molecular weight is 932 g/mol. The fraction of sp³-hybridized carbons (Fsp3) is 0.100. The van der Waals surface area contributed by atoms with Gasteiger partial charge in [0.05, 0.1) is 37.0 Å². The summed E-state index contributed by atoms with van der Waals surface area (Å²) >= 11 is 0. The molecule has 0 aliphatic carbocycles. The molecular weight excluding hydrogens is 911 g/mol. The van der Waals surface area contributed by atoms with Gasteiger partial charge in [0.2, 0.25) is 0 Å². The molecule has 0 saturated carbocycles. The van der Waals surface area contributed by atoms with Crippen LogP contribution >= 0.6 is 0 Å². The van der Waals surface area contributed by atoms with Crippen molar-refractivity contribution in [1.29, 1.82) is 0 Å². The standard InChI is InChI=1S/C30H25N3O16S5.4Na/c34-28-26-19(14-21(52(41,42)43)16-24(26)31-30(35)17-5-2-1-3-6-17)15-25(53(44,45)46)27(28)33-32-23-10-7-18-13-20(8-9-22(18)29(23)54(47,48)49)50(36,37)11-4-12-51(38,39)40;;;;/h1-3,5-10,13-16,34H,4,11-12H2,(H,31,35)(H,38,39,40)(H,41,42,43)(H,44,45,46)(H,47,48,49);;;;/q;4*+1/p-4. The number of benzene rings is 5. The predicted octanol–water partition coefficient (Wildman–Crippen LogP) is -9.96. The van der Waals surface area contributed by atoms with Crippen LogP contribution < -0.4 is 128 Å². The second-order valence-corrected chi connectivity index (χ2v) is 19.0. The summed E-state index contributed by atoms with van der Waals surface area (Å²) in [5.41, 5.74) is -2.74. The summed E-state index contributed by atoms with van der Waals surface area (Å²) in [6.45, 7) is 0. The van der Waals surface area contributed by atoms with Gasteiger partial charge in [-0.3, -0.25) is 14.1 Å². The number of aliphatic imine (C=N–C) groups is 1. The zero-order chi connectivity index (χ0) is 40.0. The number of fused-ring (bicyclic) bond motifs is 2. The van der Waals surface area contributed by atoms with Crippen LogP contribution in [0, 0.1) is 0 Å². The van der Waals surface area contributed by atoms with Crippen molar-refractivity contribution in [3.8, 4) is 5.75 Å². The fourth-order valence-electron chi connectivity index (χ4n) is 5.16. The Balaban J connectivity index is 0.00000420. The molecule has 5 rings (SSSR count). The van der Waals surface area contributed by atoms with Crippen molar-refractivity contribution in [2.45, 2.75) is 26.0 Å². The summed E-state index contributed by atoms with van der Waals surface area (Å²) in [6, 6.07) is 13.6. The molecule has 0 unspecified atom stereocenters. The maximum Gasteiger partial charge on any atom is 1.00 e. The molecule has 0 aliphatic heterocycles. The van der Waals surface area contributed by atoms with Crippen molar-refractivity contribution >= 4 is 94.8 Å². The van der Waals surface area contributed by atoms with Gasteiger partial charge in [0.1, 0.15) is 25.6 Å². The minimum absolute atomic E-state index is 0. The monoisotopic (exact) mass is 931 g/mol. The van der Waals surface area contributed by atoms with Crippen LogP contribution in [0.5, 0.6) is 5.75 Å². The van der Waals surface area contributed by atoms with E-state index in [9.17, 15) is 70.5 Å². The van der Waals surface area contributed by atoms with Crippen molar-refractivity contribution in [1.82, 2.24) is 0 Å². The summed E-state index contributed by atoms with van der Waals surface area (Å²) in [7, 11) is -25.0. The van der Waals surface area contributed by atoms with Crippen molar-refractivity contribution in [2.24, 2.45) is 15.2 Å². The van der Waals surface area contributed by atoms with Gasteiger partial charge in [-0.1, -0.05) is 48.2 Å². The Morgan fingerprint density at radius 2 is 1.24 bits per heavy atom. The first-order valence-corrected chi connectivity index (χ1v) is 22.1. The summed E-state index contributed by atoms with van der Waals surface area (Å²) in [4.78, 5) is -0.0213. The summed E-state index contributed by atoms with van der Waals surface area (Å²) in [5, 5.41) is 32.2. The van der Waals surface area contributed by atoms with Gasteiger partial charge in [-0.15, -0.1) is 10.2 Å². The molecule has 0 radical (unpaired) electrons. The smallest absolute Gasteiger partial charge is 0.870 e. The van der Waals surface area contributed by atoms with Crippen LogP contribution in [-0.4, -0.2) is 77.7 Å². The van der Waals surface area contributed by atoms with Crippen LogP contribution in [-0.2, 0) is 50.3 Å². The number of sulfone groups is 1. The minimum Gasteiger partial charge on any atom is -0.870 e. The van der Waals surface area contributed by atoms with Crippen molar-refractivity contribution in [3.05, 3.63) is 84.4 Å². The zero-order valence-corrected chi connectivity index (χ0v) is 42.7. The summed E-state index contributed by atoms with van der Waals surface area (Å²) < 4.78 is 164. The molecule has 286 valence electrons. The second-order valence-electron chi connectivity index (χ2n) is 11.2. The molecular formula is C30H21N3Na4O16S5. The van der Waals surface area contributed by atoms with Crippen LogP contribution in [0.1, 0.15) is 12.0 Å². The van der Waals surface area contributed by atoms with Crippen LogP contribution in [0.4, 0.5) is 17.1 Å². The van der Waals surface area contributed by atoms with E-state index in [0.717, 1.165) is 30.3 Å². The Labute approximate surface area is 420 Å². The SMILES string of the molecule is O=S(=O)([O-])CCCS(=O)(=O)c1ccc2c(S(=O)(=O)O)c(N=Nc3c(S(=O)(=O)O)cc4cc(S(=O)(=O)[O-])cc(N=C([O-])c5ccccc5)c4c3[O-])ccc2c1.[Na+].[Na+].[Na+].[Na+]. The largest absolute Gasteiger partial charge is 1.00 e. The summed E-state index contributed by atoms with van der Waals surface area (Å²) in [6.07, 6.45) is -0.540. The normalized spacial score (nSPS) is 12.7. The molecule has 2 N–H and O–H groups in total. The average Bonchev–Trinajstić information content (AvgIpc) is 3.05. The quantitative estimate of drug-likeness (QED) is 0.0386. The van der Waals surface area contributed by atoms with Crippen molar-refractivity contribution in [3.63, 3.8) is 0 Å². The van der Waals surface area contributed by atoms with Crippen LogP contribution in [0.2, 0.25) is 0 Å². The van der Waals surface area contributed by atoms with Gasteiger partial charge in [0.15, 0.2) is 9.84 Å². The topological polar surface area (TPSA) is 340 Å². The first-order chi connectivity index (χ1) is 24.9. The van der Waals surface area contributed by atoms with Crippen molar-refractivity contribution in [2.75, 3.05) is 11.5 Å². The van der Waals surface area contributed by atoms with E-state index in [1.807, 2.05) is 0 Å². The van der Waals surface area contributed by atoms with Gasteiger partial charge in [-0.2, -0.15) is 16.8 Å². The third-order valence-electron chi connectivity index (χ3n) is 7.50. The van der Waals surface area contributed by atoms with Crippen LogP contribution in [0.25, 0.3) is 21.5 Å². The van der Waals surface area contributed by atoms with Crippen LogP contribution in [0.15, 0.2) is 114 Å². The van der Waals surface area contributed by atoms with E-state index in [1.54, 1.807) is 6.07 Å². The van der Waals surface area contributed by atoms with E-state index in [0.29, 0.717) is 18.2 Å². The van der Waals surface area contributed by atoms with Gasteiger partial charge in [0, 0.05) is 16.5 Å². The molecule has 0 saturated heterocycles. The Morgan fingerprint density at radius 3 is 1.79 bits per heavy atom. The van der Waals surface area contributed by atoms with Gasteiger partial charge < -0.3 is 19.3 Å². The Bertz CT molecular complexity index is 3010. The van der Waals surface area contributed by atoms with Gasteiger partial charge in [0.25, 0.3) is 20.2 Å². The number of hydrogen-bond acceptors (Lipinski definition) is 17. The molecule has 0 heterocycles. The molecule has 0 bridgehead atoms. The fourth-order valence-corrected chi connectivity index (χ4v) is 9.20. The molecule has 5 aromatic carbocycles. The molecule has 0 amide bonds. The number of hydrogen-bond donors (Lipinski definition) is 2. The van der Waals surface area contributed by atoms with E-state index >= 15 is 0 Å². The van der Waals surface area contributed by atoms with Crippen LogP contribution in [0.3, 0.4) is 0 Å². The Kier molecular flexibility index (Phi) is 19.9. The zero-order valence-electron chi connectivity index (χ0n) is 30.6. The Hall–Kier alpha value is -0.920. The maximum absolute atomic E-state index is 13.9. The molecule has 0 atom stereocenters. The van der Waals surface area contributed by atoms with Gasteiger partial charge in [-0.25, -0.2) is 25.3 Å².